The Hall–Kier alpha value is -2.17. The molecule has 5 heteroatoms. The third kappa shape index (κ3) is 1.20. The van der Waals surface area contributed by atoms with Crippen molar-refractivity contribution in [1.82, 2.24) is 24.4 Å². The molecule has 0 radical (unpaired) electrons. The monoisotopic (exact) mass is 199 g/mol. The van der Waals surface area contributed by atoms with Gasteiger partial charge in [0, 0.05) is 36.8 Å². The molecule has 3 aromatic rings. The molecule has 0 aliphatic heterocycles. The first-order chi connectivity index (χ1) is 7.34. The highest BCUT2D eigenvalue weighted by Gasteiger charge is 2.08. The van der Waals surface area contributed by atoms with Crippen LogP contribution in [0, 0.1) is 0 Å². The molecular weight excluding hydrogens is 190 g/mol. The molecule has 0 bridgehead atoms. The van der Waals surface area contributed by atoms with Gasteiger partial charge < -0.3 is 0 Å². The summed E-state index contributed by atoms with van der Waals surface area (Å²) in [5, 5.41) is 8.35. The van der Waals surface area contributed by atoms with Gasteiger partial charge in [-0.3, -0.25) is 4.68 Å². The first-order valence-corrected chi connectivity index (χ1v) is 4.62. The average molecular weight is 199 g/mol. The van der Waals surface area contributed by atoms with E-state index in [-0.39, 0.29) is 0 Å². The molecular formula is C10H9N5. The molecule has 0 spiro atoms. The molecule has 15 heavy (non-hydrogen) atoms. The van der Waals surface area contributed by atoms with Gasteiger partial charge >= 0.3 is 0 Å². The molecule has 0 saturated heterocycles. The van der Waals surface area contributed by atoms with E-state index in [0.717, 1.165) is 16.8 Å². The molecule has 0 aromatic carbocycles. The standard InChI is InChI=1S/C10H9N5/c1-14-7-8(5-12-14)9-6-13-15-4-2-3-11-10(9)15/h2-7H,1H3. The van der Waals surface area contributed by atoms with Gasteiger partial charge in [-0.15, -0.1) is 0 Å². The summed E-state index contributed by atoms with van der Waals surface area (Å²) in [6.07, 6.45) is 9.20. The van der Waals surface area contributed by atoms with Crippen molar-refractivity contribution in [2.24, 2.45) is 7.05 Å². The summed E-state index contributed by atoms with van der Waals surface area (Å²) in [6, 6.07) is 1.85. The van der Waals surface area contributed by atoms with E-state index in [2.05, 4.69) is 15.2 Å². The number of rotatable bonds is 1. The van der Waals surface area contributed by atoms with E-state index >= 15 is 0 Å². The number of hydrogen-bond acceptors (Lipinski definition) is 3. The van der Waals surface area contributed by atoms with Crippen LogP contribution in [0.2, 0.25) is 0 Å². The van der Waals surface area contributed by atoms with Crippen molar-refractivity contribution < 1.29 is 0 Å². The Labute approximate surface area is 86.0 Å². The van der Waals surface area contributed by atoms with Crippen molar-refractivity contribution in [1.29, 1.82) is 0 Å². The number of nitrogens with zero attached hydrogens (tertiary/aromatic N) is 5. The van der Waals surface area contributed by atoms with Crippen LogP contribution >= 0.6 is 0 Å². The Morgan fingerprint density at radius 2 is 2.13 bits per heavy atom. The fourth-order valence-electron chi connectivity index (χ4n) is 1.59. The molecule has 0 atom stereocenters. The third-order valence-electron chi connectivity index (χ3n) is 2.30. The van der Waals surface area contributed by atoms with Gasteiger partial charge in [0.1, 0.15) is 0 Å². The van der Waals surface area contributed by atoms with Crippen LogP contribution in [-0.2, 0) is 7.05 Å². The second-order valence-corrected chi connectivity index (χ2v) is 3.35. The summed E-state index contributed by atoms with van der Waals surface area (Å²) in [7, 11) is 1.89. The van der Waals surface area contributed by atoms with Gasteiger partial charge in [-0.25, -0.2) is 9.50 Å². The lowest BCUT2D eigenvalue weighted by atomic mass is 10.2. The van der Waals surface area contributed by atoms with E-state index in [1.165, 1.54) is 0 Å². The molecule has 3 rings (SSSR count). The second kappa shape index (κ2) is 2.91. The number of hydrogen-bond donors (Lipinski definition) is 0. The van der Waals surface area contributed by atoms with E-state index < -0.39 is 0 Å². The summed E-state index contributed by atoms with van der Waals surface area (Å²) in [6.45, 7) is 0. The first-order valence-electron chi connectivity index (χ1n) is 4.62. The zero-order chi connectivity index (χ0) is 10.3. The molecule has 5 nitrogen and oxygen atoms in total. The zero-order valence-corrected chi connectivity index (χ0v) is 8.20. The van der Waals surface area contributed by atoms with Crippen molar-refractivity contribution in [3.05, 3.63) is 37.1 Å². The minimum atomic E-state index is 0.852. The third-order valence-corrected chi connectivity index (χ3v) is 2.30. The Morgan fingerprint density at radius 3 is 2.93 bits per heavy atom. The molecule has 0 aliphatic carbocycles. The second-order valence-electron chi connectivity index (χ2n) is 3.35. The number of aryl methyl sites for hydroxylation is 1. The van der Waals surface area contributed by atoms with E-state index in [9.17, 15) is 0 Å². The number of aromatic nitrogens is 5. The van der Waals surface area contributed by atoms with Crippen LogP contribution < -0.4 is 0 Å². The van der Waals surface area contributed by atoms with Crippen molar-refractivity contribution in [3.8, 4) is 11.1 Å². The predicted octanol–water partition coefficient (Wildman–Crippen LogP) is 1.13. The summed E-state index contributed by atoms with van der Waals surface area (Å²) < 4.78 is 3.52. The Kier molecular flexibility index (Phi) is 1.58. The van der Waals surface area contributed by atoms with E-state index in [4.69, 9.17) is 0 Å². The molecule has 0 saturated carbocycles. The van der Waals surface area contributed by atoms with Gasteiger partial charge in [0.05, 0.1) is 12.4 Å². The van der Waals surface area contributed by atoms with Crippen molar-refractivity contribution in [3.63, 3.8) is 0 Å². The SMILES string of the molecule is Cn1cc(-c2cnn3cccnc23)cn1. The van der Waals surface area contributed by atoms with Crippen LogP contribution in [0.5, 0.6) is 0 Å². The van der Waals surface area contributed by atoms with Crippen LogP contribution in [0.15, 0.2) is 37.1 Å². The zero-order valence-electron chi connectivity index (χ0n) is 8.20. The quantitative estimate of drug-likeness (QED) is 0.590. The highest BCUT2D eigenvalue weighted by Crippen LogP contribution is 2.21. The van der Waals surface area contributed by atoms with Gasteiger partial charge in [0.2, 0.25) is 0 Å². The largest absolute Gasteiger partial charge is 0.275 e. The molecule has 74 valence electrons. The van der Waals surface area contributed by atoms with Crippen molar-refractivity contribution >= 4 is 5.65 Å². The lowest BCUT2D eigenvalue weighted by Gasteiger charge is -1.92. The van der Waals surface area contributed by atoms with E-state index in [0.29, 0.717) is 0 Å². The van der Waals surface area contributed by atoms with Crippen LogP contribution in [0.25, 0.3) is 16.8 Å². The van der Waals surface area contributed by atoms with Crippen molar-refractivity contribution in [2.45, 2.75) is 0 Å². The van der Waals surface area contributed by atoms with Crippen LogP contribution in [0.4, 0.5) is 0 Å². The summed E-state index contributed by atoms with van der Waals surface area (Å²) in [5.41, 5.74) is 2.89. The van der Waals surface area contributed by atoms with E-state index in [1.807, 2.05) is 31.7 Å². The highest BCUT2D eigenvalue weighted by atomic mass is 15.3. The molecule has 0 fully saturated rings. The van der Waals surface area contributed by atoms with Crippen LogP contribution in [-0.4, -0.2) is 24.4 Å². The molecule has 3 heterocycles. The summed E-state index contributed by atoms with van der Waals surface area (Å²) in [4.78, 5) is 4.29. The average Bonchev–Trinajstić information content (AvgIpc) is 2.83. The molecule has 0 amide bonds. The Balaban J connectivity index is 2.27. The smallest absolute Gasteiger partial charge is 0.162 e. The maximum Gasteiger partial charge on any atom is 0.162 e. The van der Waals surface area contributed by atoms with Gasteiger partial charge in [-0.1, -0.05) is 0 Å². The topological polar surface area (TPSA) is 48.0 Å². The first kappa shape index (κ1) is 8.16. The summed E-state index contributed by atoms with van der Waals surface area (Å²) in [5.74, 6) is 0. The van der Waals surface area contributed by atoms with Crippen LogP contribution in [0.3, 0.4) is 0 Å². The van der Waals surface area contributed by atoms with E-state index in [1.54, 1.807) is 21.6 Å². The normalized spacial score (nSPS) is 11.0. The maximum absolute atomic E-state index is 4.29. The molecule has 3 aromatic heterocycles. The lowest BCUT2D eigenvalue weighted by Crippen LogP contribution is -1.87. The van der Waals surface area contributed by atoms with Gasteiger partial charge in [0.15, 0.2) is 5.65 Å². The predicted molar refractivity (Wildman–Crippen MR) is 55.2 cm³/mol. The highest BCUT2D eigenvalue weighted by molar-refractivity contribution is 5.75. The Morgan fingerprint density at radius 1 is 1.20 bits per heavy atom. The minimum Gasteiger partial charge on any atom is -0.275 e. The number of fused-ring (bicyclic) bond motifs is 1. The fraction of sp³-hybridized carbons (Fsp3) is 0.100. The summed E-state index contributed by atoms with van der Waals surface area (Å²) >= 11 is 0. The van der Waals surface area contributed by atoms with Crippen LogP contribution in [0.1, 0.15) is 0 Å². The molecule has 0 aliphatic rings. The fourth-order valence-corrected chi connectivity index (χ4v) is 1.59. The van der Waals surface area contributed by atoms with Gasteiger partial charge in [-0.2, -0.15) is 10.2 Å². The lowest BCUT2D eigenvalue weighted by molar-refractivity contribution is 0.768. The maximum atomic E-state index is 4.29. The van der Waals surface area contributed by atoms with Crippen molar-refractivity contribution in [2.75, 3.05) is 0 Å². The molecule has 0 unspecified atom stereocenters. The minimum absolute atomic E-state index is 0.852. The Bertz CT molecular complexity index is 607. The van der Waals surface area contributed by atoms with Gasteiger partial charge in [-0.05, 0) is 6.07 Å². The molecule has 0 N–H and O–H groups in total. The van der Waals surface area contributed by atoms with Gasteiger partial charge in [0.25, 0.3) is 0 Å².